The van der Waals surface area contributed by atoms with Gasteiger partial charge in [0.05, 0.1) is 18.9 Å². The highest BCUT2D eigenvalue weighted by Crippen LogP contribution is 2.34. The largest absolute Gasteiger partial charge is 0.497 e. The quantitative estimate of drug-likeness (QED) is 0.774. The van der Waals surface area contributed by atoms with Gasteiger partial charge in [0, 0.05) is 36.0 Å². The van der Waals surface area contributed by atoms with Crippen LogP contribution in [0, 0.1) is 0 Å². The average molecular weight is 364 g/mol. The Labute approximate surface area is 158 Å². The fraction of sp³-hybridized carbons (Fsp3) is 0.429. The minimum absolute atomic E-state index is 0.184. The number of methoxy groups -OCH3 is 1. The van der Waals surface area contributed by atoms with E-state index in [1.165, 1.54) is 17.1 Å². The number of hydrogen-bond acceptors (Lipinski definition) is 5. The number of aromatic nitrogens is 3. The van der Waals surface area contributed by atoms with Crippen LogP contribution >= 0.6 is 0 Å². The second-order valence-electron chi connectivity index (χ2n) is 7.46. The number of rotatable bonds is 3. The molecular formula is C21H24N4O2. The Hall–Kier alpha value is -2.60. The second-order valence-corrected chi connectivity index (χ2v) is 7.46. The zero-order valence-corrected chi connectivity index (χ0v) is 15.6. The molecule has 0 amide bonds. The summed E-state index contributed by atoms with van der Waals surface area (Å²) < 4.78 is 7.37. The molecule has 0 atom stereocenters. The topological polar surface area (TPSA) is 62.9 Å². The van der Waals surface area contributed by atoms with E-state index in [1.807, 2.05) is 22.7 Å². The van der Waals surface area contributed by atoms with Gasteiger partial charge in [-0.05, 0) is 44.2 Å². The molecule has 2 aliphatic rings. The third-order valence-electron chi connectivity index (χ3n) is 5.73. The third-order valence-corrected chi connectivity index (χ3v) is 5.73. The van der Waals surface area contributed by atoms with E-state index in [0.29, 0.717) is 0 Å². The van der Waals surface area contributed by atoms with E-state index in [9.17, 15) is 5.11 Å². The normalized spacial score (nSPS) is 17.5. The molecule has 1 N–H and O–H groups in total. The first-order valence-corrected chi connectivity index (χ1v) is 9.72. The molecule has 140 valence electrons. The monoisotopic (exact) mass is 364 g/mol. The van der Waals surface area contributed by atoms with Crippen LogP contribution in [0.3, 0.4) is 0 Å². The Morgan fingerprint density at radius 3 is 2.81 bits per heavy atom. The summed E-state index contributed by atoms with van der Waals surface area (Å²) >= 11 is 0. The van der Waals surface area contributed by atoms with Gasteiger partial charge in [-0.1, -0.05) is 12.1 Å². The molecule has 0 spiro atoms. The van der Waals surface area contributed by atoms with Crippen LogP contribution in [0.4, 0.5) is 5.82 Å². The zero-order valence-electron chi connectivity index (χ0n) is 15.6. The molecule has 0 unspecified atom stereocenters. The molecule has 1 saturated heterocycles. The molecule has 2 aromatic heterocycles. The molecule has 27 heavy (non-hydrogen) atoms. The molecule has 1 aliphatic carbocycles. The highest BCUT2D eigenvalue weighted by molar-refractivity contribution is 5.68. The van der Waals surface area contributed by atoms with Crippen molar-refractivity contribution in [3.8, 4) is 17.0 Å². The lowest BCUT2D eigenvalue weighted by atomic mass is 10.1. The summed E-state index contributed by atoms with van der Waals surface area (Å²) in [5.74, 6) is 2.00. The number of aryl methyl sites for hydroxylation is 1. The molecule has 3 aromatic rings. The molecule has 5 rings (SSSR count). The Bertz CT molecular complexity index is 989. The van der Waals surface area contributed by atoms with Crippen LogP contribution in [0.15, 0.2) is 30.3 Å². The summed E-state index contributed by atoms with van der Waals surface area (Å²) in [4.78, 5) is 7.29. The predicted molar refractivity (Wildman–Crippen MR) is 104 cm³/mol. The lowest BCUT2D eigenvalue weighted by Gasteiger charge is -2.32. The third kappa shape index (κ3) is 2.84. The van der Waals surface area contributed by atoms with Crippen molar-refractivity contribution in [3.05, 3.63) is 41.6 Å². The number of fused-ring (bicyclic) bond motifs is 2. The first-order chi connectivity index (χ1) is 13.2. The van der Waals surface area contributed by atoms with Crippen LogP contribution in [0.25, 0.3) is 16.9 Å². The molecular weight excluding hydrogens is 340 g/mol. The van der Waals surface area contributed by atoms with Crippen molar-refractivity contribution < 1.29 is 9.84 Å². The Morgan fingerprint density at radius 2 is 2.00 bits per heavy atom. The fourth-order valence-electron chi connectivity index (χ4n) is 4.29. The standard InChI is InChI=1S/C21H24N4O2/c1-27-16-5-2-4-14(12-16)19-13-20-22-18-7-3-6-17(18)21(25(20)23-19)24-10-8-15(26)9-11-24/h2,4-5,12-13,15,26H,3,6-11H2,1H3. The predicted octanol–water partition coefficient (Wildman–Crippen LogP) is 2.85. The highest BCUT2D eigenvalue weighted by Gasteiger charge is 2.27. The number of aliphatic hydroxyl groups is 1. The zero-order chi connectivity index (χ0) is 18.4. The number of aliphatic hydroxyl groups excluding tert-OH is 1. The van der Waals surface area contributed by atoms with E-state index >= 15 is 0 Å². The maximum absolute atomic E-state index is 9.91. The van der Waals surface area contributed by atoms with E-state index < -0.39 is 0 Å². The fourth-order valence-corrected chi connectivity index (χ4v) is 4.29. The number of ether oxygens (including phenoxy) is 1. The van der Waals surface area contributed by atoms with E-state index in [-0.39, 0.29) is 6.10 Å². The van der Waals surface area contributed by atoms with Gasteiger partial charge in [0.25, 0.3) is 0 Å². The minimum Gasteiger partial charge on any atom is -0.497 e. The molecule has 0 radical (unpaired) electrons. The van der Waals surface area contributed by atoms with E-state index in [1.54, 1.807) is 7.11 Å². The average Bonchev–Trinajstić information content (AvgIpc) is 3.33. The lowest BCUT2D eigenvalue weighted by Crippen LogP contribution is -2.37. The lowest BCUT2D eigenvalue weighted by molar-refractivity contribution is 0.145. The molecule has 0 bridgehead atoms. The first-order valence-electron chi connectivity index (χ1n) is 9.72. The minimum atomic E-state index is -0.184. The maximum atomic E-state index is 9.91. The van der Waals surface area contributed by atoms with Crippen molar-refractivity contribution in [1.82, 2.24) is 14.6 Å². The van der Waals surface area contributed by atoms with Gasteiger partial charge in [0.15, 0.2) is 5.65 Å². The second kappa shape index (κ2) is 6.53. The van der Waals surface area contributed by atoms with Gasteiger partial charge in [0.1, 0.15) is 11.6 Å². The van der Waals surface area contributed by atoms with Crippen molar-refractivity contribution in [2.45, 2.75) is 38.2 Å². The Kier molecular flexibility index (Phi) is 4.01. The molecule has 1 fully saturated rings. The van der Waals surface area contributed by atoms with Gasteiger partial charge in [-0.2, -0.15) is 9.61 Å². The summed E-state index contributed by atoms with van der Waals surface area (Å²) in [6.45, 7) is 1.72. The summed E-state index contributed by atoms with van der Waals surface area (Å²) in [5, 5.41) is 14.8. The van der Waals surface area contributed by atoms with Crippen LogP contribution in [0.2, 0.25) is 0 Å². The molecule has 0 saturated carbocycles. The Balaban J connectivity index is 1.65. The first kappa shape index (κ1) is 16.6. The number of hydrogen-bond donors (Lipinski definition) is 1. The van der Waals surface area contributed by atoms with Crippen LogP contribution in [-0.2, 0) is 12.8 Å². The van der Waals surface area contributed by atoms with Gasteiger partial charge in [0.2, 0.25) is 0 Å². The summed E-state index contributed by atoms with van der Waals surface area (Å²) in [7, 11) is 1.68. The van der Waals surface area contributed by atoms with Gasteiger partial charge < -0.3 is 14.7 Å². The molecule has 3 heterocycles. The van der Waals surface area contributed by atoms with Crippen molar-refractivity contribution in [2.24, 2.45) is 0 Å². The number of nitrogens with zero attached hydrogens (tertiary/aromatic N) is 4. The number of piperidine rings is 1. The number of benzene rings is 1. The SMILES string of the molecule is COc1cccc(-c2cc3nc4c(c(N5CCC(O)CC5)n3n2)CCC4)c1. The van der Waals surface area contributed by atoms with Crippen LogP contribution in [0.5, 0.6) is 5.75 Å². The van der Waals surface area contributed by atoms with Crippen molar-refractivity contribution in [2.75, 3.05) is 25.1 Å². The van der Waals surface area contributed by atoms with E-state index in [4.69, 9.17) is 14.8 Å². The molecule has 1 aromatic carbocycles. The van der Waals surface area contributed by atoms with Gasteiger partial charge >= 0.3 is 0 Å². The van der Waals surface area contributed by atoms with Gasteiger partial charge in [-0.25, -0.2) is 4.98 Å². The highest BCUT2D eigenvalue weighted by atomic mass is 16.5. The molecule has 6 heteroatoms. The van der Waals surface area contributed by atoms with Crippen molar-refractivity contribution in [1.29, 1.82) is 0 Å². The van der Waals surface area contributed by atoms with E-state index in [0.717, 1.165) is 67.8 Å². The van der Waals surface area contributed by atoms with Crippen LogP contribution < -0.4 is 9.64 Å². The van der Waals surface area contributed by atoms with Crippen LogP contribution in [-0.4, -0.2) is 46.0 Å². The van der Waals surface area contributed by atoms with E-state index in [2.05, 4.69) is 17.0 Å². The van der Waals surface area contributed by atoms with Crippen molar-refractivity contribution in [3.63, 3.8) is 0 Å². The van der Waals surface area contributed by atoms with Gasteiger partial charge in [-0.3, -0.25) is 0 Å². The maximum Gasteiger partial charge on any atom is 0.158 e. The molecule has 1 aliphatic heterocycles. The summed E-state index contributed by atoms with van der Waals surface area (Å²) in [6.07, 6.45) is 4.68. The Morgan fingerprint density at radius 1 is 1.15 bits per heavy atom. The number of anilines is 1. The van der Waals surface area contributed by atoms with Crippen LogP contribution in [0.1, 0.15) is 30.5 Å². The summed E-state index contributed by atoms with van der Waals surface area (Å²) in [5.41, 5.74) is 5.37. The van der Waals surface area contributed by atoms with Gasteiger partial charge in [-0.15, -0.1) is 0 Å². The van der Waals surface area contributed by atoms with Crippen molar-refractivity contribution >= 4 is 11.5 Å². The smallest absolute Gasteiger partial charge is 0.158 e. The molecule has 6 nitrogen and oxygen atoms in total. The summed E-state index contributed by atoms with van der Waals surface area (Å²) in [6, 6.07) is 10.0.